The first-order chi connectivity index (χ1) is 9.05. The van der Waals surface area contributed by atoms with Crippen molar-refractivity contribution >= 4 is 0 Å². The largest absolute Gasteiger partial charge is 0.310 e. The van der Waals surface area contributed by atoms with Crippen molar-refractivity contribution in [2.24, 2.45) is 0 Å². The lowest BCUT2D eigenvalue weighted by molar-refractivity contribution is 0.426. The van der Waals surface area contributed by atoms with E-state index in [9.17, 15) is 0 Å². The number of aryl methyl sites for hydroxylation is 2. The molecule has 0 aliphatic heterocycles. The molecule has 1 aliphatic carbocycles. The van der Waals surface area contributed by atoms with Crippen LogP contribution in [-0.2, 0) is 18.3 Å². The molecule has 1 unspecified atom stereocenters. The van der Waals surface area contributed by atoms with Crippen LogP contribution in [0.25, 0.3) is 0 Å². The van der Waals surface area contributed by atoms with Gasteiger partial charge in [0.15, 0.2) is 0 Å². The van der Waals surface area contributed by atoms with Crippen LogP contribution in [0, 0.1) is 0 Å². The molecule has 0 radical (unpaired) electrons. The van der Waals surface area contributed by atoms with E-state index < -0.39 is 0 Å². The zero-order chi connectivity index (χ0) is 14.0. The van der Waals surface area contributed by atoms with Crippen molar-refractivity contribution in [3.05, 3.63) is 34.4 Å². The van der Waals surface area contributed by atoms with Gasteiger partial charge in [-0.1, -0.05) is 46.8 Å². The molecule has 2 rings (SSSR count). The molecule has 0 bridgehead atoms. The van der Waals surface area contributed by atoms with Crippen molar-refractivity contribution in [1.82, 2.24) is 5.32 Å². The summed E-state index contributed by atoms with van der Waals surface area (Å²) < 4.78 is 0. The molecule has 106 valence electrons. The van der Waals surface area contributed by atoms with Crippen LogP contribution in [-0.4, -0.2) is 6.54 Å². The molecular weight excluding hydrogens is 230 g/mol. The first-order valence-electron chi connectivity index (χ1n) is 7.93. The topological polar surface area (TPSA) is 12.0 Å². The van der Waals surface area contributed by atoms with Crippen molar-refractivity contribution in [2.45, 2.75) is 71.8 Å². The van der Waals surface area contributed by atoms with E-state index in [1.807, 2.05) is 0 Å². The van der Waals surface area contributed by atoms with Crippen LogP contribution >= 0.6 is 0 Å². The summed E-state index contributed by atoms with van der Waals surface area (Å²) in [4.78, 5) is 0. The summed E-state index contributed by atoms with van der Waals surface area (Å²) in [7, 11) is 0. The van der Waals surface area contributed by atoms with Crippen LogP contribution in [0.15, 0.2) is 12.1 Å². The first-order valence-corrected chi connectivity index (χ1v) is 7.93. The number of hydrogen-bond donors (Lipinski definition) is 1. The van der Waals surface area contributed by atoms with Gasteiger partial charge in [0.05, 0.1) is 0 Å². The molecule has 0 aromatic heterocycles. The van der Waals surface area contributed by atoms with Gasteiger partial charge in [0, 0.05) is 6.04 Å². The van der Waals surface area contributed by atoms with Crippen molar-refractivity contribution in [3.63, 3.8) is 0 Å². The third kappa shape index (κ3) is 2.58. The van der Waals surface area contributed by atoms with Gasteiger partial charge in [-0.3, -0.25) is 0 Å². The molecule has 0 amide bonds. The van der Waals surface area contributed by atoms with Gasteiger partial charge in [0.2, 0.25) is 0 Å². The van der Waals surface area contributed by atoms with Gasteiger partial charge < -0.3 is 5.32 Å². The third-order valence-electron chi connectivity index (χ3n) is 4.56. The second kappa shape index (κ2) is 5.66. The fourth-order valence-corrected chi connectivity index (χ4v) is 3.72. The average molecular weight is 259 g/mol. The summed E-state index contributed by atoms with van der Waals surface area (Å²) in [5.41, 5.74) is 6.68. The summed E-state index contributed by atoms with van der Waals surface area (Å²) in [6, 6.07) is 5.29. The minimum atomic E-state index is 0.317. The summed E-state index contributed by atoms with van der Waals surface area (Å²) in [5, 5.41) is 3.77. The Balaban J connectivity index is 2.51. The molecule has 0 saturated heterocycles. The zero-order valence-corrected chi connectivity index (χ0v) is 13.3. The van der Waals surface area contributed by atoms with E-state index in [0.717, 1.165) is 19.4 Å². The standard InChI is InChI=1S/C18H29N/c1-6-11-19-15-12-18(4,5)17-14(8-3)10-9-13(7-2)16(15)17/h9-10,15,19H,6-8,11-12H2,1-5H3. The van der Waals surface area contributed by atoms with Crippen molar-refractivity contribution < 1.29 is 0 Å². The predicted molar refractivity (Wildman–Crippen MR) is 83.9 cm³/mol. The SMILES string of the molecule is CCCNC1CC(C)(C)c2c(CC)ccc(CC)c21. The average Bonchev–Trinajstić information content (AvgIpc) is 2.68. The van der Waals surface area contributed by atoms with Gasteiger partial charge in [-0.25, -0.2) is 0 Å². The van der Waals surface area contributed by atoms with Crippen molar-refractivity contribution in [1.29, 1.82) is 0 Å². The Morgan fingerprint density at radius 2 is 1.74 bits per heavy atom. The van der Waals surface area contributed by atoms with Crippen molar-refractivity contribution in [3.8, 4) is 0 Å². The molecule has 19 heavy (non-hydrogen) atoms. The zero-order valence-electron chi connectivity index (χ0n) is 13.3. The summed E-state index contributed by atoms with van der Waals surface area (Å²) >= 11 is 0. The fraction of sp³-hybridized carbons (Fsp3) is 0.667. The van der Waals surface area contributed by atoms with Gasteiger partial charge in [0.25, 0.3) is 0 Å². The highest BCUT2D eigenvalue weighted by atomic mass is 14.9. The van der Waals surface area contributed by atoms with Gasteiger partial charge in [-0.15, -0.1) is 0 Å². The van der Waals surface area contributed by atoms with Gasteiger partial charge >= 0.3 is 0 Å². The van der Waals surface area contributed by atoms with E-state index in [-0.39, 0.29) is 0 Å². The molecule has 1 nitrogen and oxygen atoms in total. The molecule has 1 N–H and O–H groups in total. The quantitative estimate of drug-likeness (QED) is 0.819. The van der Waals surface area contributed by atoms with Crippen LogP contribution in [0.5, 0.6) is 0 Å². The van der Waals surface area contributed by atoms with Crippen LogP contribution in [0.1, 0.15) is 75.8 Å². The Labute approximate surface area is 118 Å². The normalized spacial score (nSPS) is 20.6. The highest BCUT2D eigenvalue weighted by Gasteiger charge is 2.39. The van der Waals surface area contributed by atoms with Gasteiger partial charge in [0.1, 0.15) is 0 Å². The molecule has 0 saturated carbocycles. The molecule has 1 aromatic carbocycles. The lowest BCUT2D eigenvalue weighted by Crippen LogP contribution is -2.22. The number of rotatable bonds is 5. The first kappa shape index (κ1) is 14.6. The molecule has 1 heteroatoms. The van der Waals surface area contributed by atoms with E-state index in [4.69, 9.17) is 0 Å². The maximum Gasteiger partial charge on any atom is 0.0334 e. The van der Waals surface area contributed by atoms with E-state index in [0.29, 0.717) is 11.5 Å². The Morgan fingerprint density at radius 3 is 2.32 bits per heavy atom. The van der Waals surface area contributed by atoms with Gasteiger partial charge in [-0.05, 0) is 59.9 Å². The monoisotopic (exact) mass is 259 g/mol. The summed E-state index contributed by atoms with van der Waals surface area (Å²) in [5.74, 6) is 0. The molecule has 0 heterocycles. The van der Waals surface area contributed by atoms with E-state index in [2.05, 4.69) is 52.1 Å². The van der Waals surface area contributed by atoms with Gasteiger partial charge in [-0.2, -0.15) is 0 Å². The second-order valence-electron chi connectivity index (χ2n) is 6.47. The Morgan fingerprint density at radius 1 is 1.11 bits per heavy atom. The molecule has 1 aliphatic rings. The molecule has 0 spiro atoms. The van der Waals surface area contributed by atoms with Crippen LogP contribution in [0.4, 0.5) is 0 Å². The smallest absolute Gasteiger partial charge is 0.0334 e. The predicted octanol–water partition coefficient (Wildman–Crippen LogP) is 4.53. The van der Waals surface area contributed by atoms with E-state index in [1.165, 1.54) is 12.8 Å². The van der Waals surface area contributed by atoms with Crippen LogP contribution in [0.2, 0.25) is 0 Å². The van der Waals surface area contributed by atoms with E-state index >= 15 is 0 Å². The maximum atomic E-state index is 3.77. The minimum Gasteiger partial charge on any atom is -0.310 e. The number of benzene rings is 1. The highest BCUT2D eigenvalue weighted by Crippen LogP contribution is 2.47. The van der Waals surface area contributed by atoms with E-state index in [1.54, 1.807) is 22.3 Å². The van der Waals surface area contributed by atoms with Crippen LogP contribution < -0.4 is 5.32 Å². The lowest BCUT2D eigenvalue weighted by Gasteiger charge is -2.22. The van der Waals surface area contributed by atoms with Crippen LogP contribution in [0.3, 0.4) is 0 Å². The number of hydrogen-bond acceptors (Lipinski definition) is 1. The minimum absolute atomic E-state index is 0.317. The molecule has 1 aromatic rings. The number of nitrogens with one attached hydrogen (secondary N) is 1. The Bertz CT molecular complexity index is 445. The molecule has 0 fully saturated rings. The second-order valence-corrected chi connectivity index (χ2v) is 6.47. The van der Waals surface area contributed by atoms with Crippen molar-refractivity contribution in [2.75, 3.05) is 6.54 Å². The Kier molecular flexibility index (Phi) is 4.35. The summed E-state index contributed by atoms with van der Waals surface area (Å²) in [6.07, 6.45) is 4.75. The number of fused-ring (bicyclic) bond motifs is 1. The Hall–Kier alpha value is -0.820. The maximum absolute atomic E-state index is 3.77. The summed E-state index contributed by atoms with van der Waals surface area (Å²) in [6.45, 7) is 12.8. The lowest BCUT2D eigenvalue weighted by atomic mass is 9.82. The third-order valence-corrected chi connectivity index (χ3v) is 4.56. The fourth-order valence-electron chi connectivity index (χ4n) is 3.72. The molecule has 1 atom stereocenters. The molecular formula is C18H29N. The highest BCUT2D eigenvalue weighted by molar-refractivity contribution is 5.51.